The number of hydrogen-bond acceptors (Lipinski definition) is 5. The third-order valence-electron chi connectivity index (χ3n) is 2.90. The number of aromatic nitrogens is 2. The van der Waals surface area contributed by atoms with E-state index in [1.165, 1.54) is 15.9 Å². The third-order valence-corrected chi connectivity index (χ3v) is 4.68. The molecule has 4 nitrogen and oxygen atoms in total. The smallest absolute Gasteiger partial charge is 0.263 e. The molecule has 6 heteroatoms. The number of nitriles is 1. The normalized spacial score (nSPS) is 10.7. The molecule has 0 saturated carbocycles. The van der Waals surface area contributed by atoms with E-state index in [2.05, 4.69) is 4.98 Å². The van der Waals surface area contributed by atoms with Crippen molar-refractivity contribution in [2.24, 2.45) is 0 Å². The Labute approximate surface area is 117 Å². The van der Waals surface area contributed by atoms with Gasteiger partial charge in [-0.05, 0) is 18.4 Å². The van der Waals surface area contributed by atoms with Crippen LogP contribution in [0, 0.1) is 18.3 Å². The monoisotopic (exact) mass is 287 g/mol. The van der Waals surface area contributed by atoms with Crippen LogP contribution < -0.4 is 5.56 Å². The van der Waals surface area contributed by atoms with Gasteiger partial charge in [-0.25, -0.2) is 4.98 Å². The first kappa shape index (κ1) is 12.1. The van der Waals surface area contributed by atoms with E-state index < -0.39 is 0 Å². The van der Waals surface area contributed by atoms with Crippen LogP contribution in [-0.4, -0.2) is 9.55 Å². The molecular weight excluding hydrogens is 278 g/mol. The van der Waals surface area contributed by atoms with Crippen LogP contribution in [0.3, 0.4) is 0 Å². The van der Waals surface area contributed by atoms with Gasteiger partial charge in [0, 0.05) is 15.8 Å². The van der Waals surface area contributed by atoms with E-state index in [0.717, 1.165) is 15.3 Å². The van der Waals surface area contributed by atoms with Gasteiger partial charge < -0.3 is 0 Å². The molecular formula is C13H9N3OS2. The highest BCUT2D eigenvalue weighted by molar-refractivity contribution is 7.18. The Morgan fingerprint density at radius 1 is 1.47 bits per heavy atom. The highest BCUT2D eigenvalue weighted by atomic mass is 32.1. The molecule has 3 aromatic rings. The summed E-state index contributed by atoms with van der Waals surface area (Å²) in [6, 6.07) is 5.95. The SMILES string of the molecule is Cc1nc2scc(-c3cccs3)c2c(=O)n1CC#N. The molecule has 0 atom stereocenters. The minimum atomic E-state index is -0.131. The summed E-state index contributed by atoms with van der Waals surface area (Å²) in [7, 11) is 0. The maximum absolute atomic E-state index is 12.5. The molecule has 0 spiro atoms. The van der Waals surface area contributed by atoms with E-state index in [1.807, 2.05) is 29.0 Å². The summed E-state index contributed by atoms with van der Waals surface area (Å²) in [6.07, 6.45) is 0. The van der Waals surface area contributed by atoms with E-state index in [1.54, 1.807) is 18.3 Å². The minimum Gasteiger partial charge on any atom is -0.282 e. The molecule has 3 heterocycles. The van der Waals surface area contributed by atoms with Crippen LogP contribution in [0.4, 0.5) is 0 Å². The Hall–Kier alpha value is -1.97. The van der Waals surface area contributed by atoms with Crippen molar-refractivity contribution in [2.75, 3.05) is 0 Å². The molecule has 3 rings (SSSR count). The molecule has 0 unspecified atom stereocenters. The maximum atomic E-state index is 12.5. The number of thiophene rings is 2. The van der Waals surface area contributed by atoms with E-state index in [0.29, 0.717) is 11.2 Å². The van der Waals surface area contributed by atoms with Crippen LogP contribution >= 0.6 is 22.7 Å². The van der Waals surface area contributed by atoms with Gasteiger partial charge in [-0.3, -0.25) is 9.36 Å². The number of fused-ring (bicyclic) bond motifs is 1. The first-order valence-electron chi connectivity index (χ1n) is 5.62. The topological polar surface area (TPSA) is 58.7 Å². The summed E-state index contributed by atoms with van der Waals surface area (Å²) in [4.78, 5) is 18.7. The first-order valence-corrected chi connectivity index (χ1v) is 7.37. The fourth-order valence-electron chi connectivity index (χ4n) is 2.00. The second kappa shape index (κ2) is 4.61. The summed E-state index contributed by atoms with van der Waals surface area (Å²) < 4.78 is 1.42. The first-order chi connectivity index (χ1) is 9.22. The fourth-order valence-corrected chi connectivity index (χ4v) is 3.79. The molecule has 3 aromatic heterocycles. The molecule has 94 valence electrons. The predicted molar refractivity (Wildman–Crippen MR) is 77.5 cm³/mol. The Kier molecular flexibility index (Phi) is 2.93. The van der Waals surface area contributed by atoms with Crippen LogP contribution in [0.25, 0.3) is 20.7 Å². The zero-order chi connectivity index (χ0) is 13.4. The fraction of sp³-hybridized carbons (Fsp3) is 0.154. The van der Waals surface area contributed by atoms with Gasteiger partial charge in [-0.15, -0.1) is 22.7 Å². The van der Waals surface area contributed by atoms with E-state index in [-0.39, 0.29) is 12.1 Å². The Morgan fingerprint density at radius 2 is 2.32 bits per heavy atom. The molecule has 0 amide bonds. The zero-order valence-electron chi connectivity index (χ0n) is 10.1. The van der Waals surface area contributed by atoms with Crippen LogP contribution in [0.1, 0.15) is 5.82 Å². The van der Waals surface area contributed by atoms with Crippen LogP contribution in [0.5, 0.6) is 0 Å². The molecule has 0 aliphatic rings. The van der Waals surface area contributed by atoms with Crippen molar-refractivity contribution in [1.82, 2.24) is 9.55 Å². The highest BCUT2D eigenvalue weighted by Gasteiger charge is 2.15. The molecule has 0 N–H and O–H groups in total. The Balaban J connectivity index is 2.37. The van der Waals surface area contributed by atoms with Gasteiger partial charge in [-0.1, -0.05) is 6.07 Å². The summed E-state index contributed by atoms with van der Waals surface area (Å²) in [5.41, 5.74) is 0.785. The average Bonchev–Trinajstić information content (AvgIpc) is 3.02. The standard InChI is InChI=1S/C13H9N3OS2/c1-8-15-12-11(13(17)16(8)5-4-14)9(7-19-12)10-3-2-6-18-10/h2-3,6-7H,5H2,1H3. The average molecular weight is 287 g/mol. The molecule has 0 bridgehead atoms. The lowest BCUT2D eigenvalue weighted by Crippen LogP contribution is -2.23. The largest absolute Gasteiger partial charge is 0.282 e. The summed E-state index contributed by atoms with van der Waals surface area (Å²) >= 11 is 3.06. The van der Waals surface area contributed by atoms with Crippen molar-refractivity contribution in [3.8, 4) is 16.5 Å². The molecule has 0 fully saturated rings. The lowest BCUT2D eigenvalue weighted by atomic mass is 10.2. The second-order valence-corrected chi connectivity index (χ2v) is 5.82. The van der Waals surface area contributed by atoms with Crippen molar-refractivity contribution < 1.29 is 0 Å². The zero-order valence-corrected chi connectivity index (χ0v) is 11.7. The molecule has 0 saturated heterocycles. The summed E-state index contributed by atoms with van der Waals surface area (Å²) in [5, 5.41) is 13.4. The molecule has 0 aromatic carbocycles. The minimum absolute atomic E-state index is 0.0351. The van der Waals surface area contributed by atoms with Crippen molar-refractivity contribution >= 4 is 32.9 Å². The molecule has 0 aliphatic heterocycles. The van der Waals surface area contributed by atoms with Crippen molar-refractivity contribution in [2.45, 2.75) is 13.5 Å². The molecule has 19 heavy (non-hydrogen) atoms. The van der Waals surface area contributed by atoms with Crippen LogP contribution in [0.15, 0.2) is 27.7 Å². The number of nitrogens with zero attached hydrogens (tertiary/aromatic N) is 3. The lowest BCUT2D eigenvalue weighted by Gasteiger charge is -2.05. The maximum Gasteiger partial charge on any atom is 0.263 e. The van der Waals surface area contributed by atoms with Gasteiger partial charge in [0.2, 0.25) is 0 Å². The highest BCUT2D eigenvalue weighted by Crippen LogP contribution is 2.33. The number of hydrogen-bond donors (Lipinski definition) is 0. The number of rotatable bonds is 2. The van der Waals surface area contributed by atoms with Gasteiger partial charge in [0.15, 0.2) is 0 Å². The van der Waals surface area contributed by atoms with Crippen molar-refractivity contribution in [3.63, 3.8) is 0 Å². The Bertz CT molecular complexity index is 837. The quantitative estimate of drug-likeness (QED) is 0.728. The van der Waals surface area contributed by atoms with Crippen molar-refractivity contribution in [3.05, 3.63) is 39.1 Å². The van der Waals surface area contributed by atoms with Gasteiger partial charge in [-0.2, -0.15) is 5.26 Å². The predicted octanol–water partition coefficient (Wildman–Crippen LogP) is 3.02. The van der Waals surface area contributed by atoms with Gasteiger partial charge in [0.1, 0.15) is 17.2 Å². The van der Waals surface area contributed by atoms with Gasteiger partial charge >= 0.3 is 0 Å². The molecule has 0 aliphatic carbocycles. The number of aryl methyl sites for hydroxylation is 1. The van der Waals surface area contributed by atoms with Crippen LogP contribution in [0.2, 0.25) is 0 Å². The second-order valence-electron chi connectivity index (χ2n) is 4.02. The summed E-state index contributed by atoms with van der Waals surface area (Å²) in [5.74, 6) is 0.582. The molecule has 0 radical (unpaired) electrons. The Morgan fingerprint density at radius 3 is 3.00 bits per heavy atom. The van der Waals surface area contributed by atoms with Crippen LogP contribution in [-0.2, 0) is 6.54 Å². The van der Waals surface area contributed by atoms with E-state index in [9.17, 15) is 4.79 Å². The third kappa shape index (κ3) is 1.87. The van der Waals surface area contributed by atoms with E-state index in [4.69, 9.17) is 5.26 Å². The van der Waals surface area contributed by atoms with Gasteiger partial charge in [0.25, 0.3) is 5.56 Å². The van der Waals surface area contributed by atoms with Gasteiger partial charge in [0.05, 0.1) is 11.5 Å². The lowest BCUT2D eigenvalue weighted by molar-refractivity contribution is 0.737. The van der Waals surface area contributed by atoms with E-state index >= 15 is 0 Å². The van der Waals surface area contributed by atoms with Crippen molar-refractivity contribution in [1.29, 1.82) is 5.26 Å². The summed E-state index contributed by atoms with van der Waals surface area (Å²) in [6.45, 7) is 1.79.